The lowest BCUT2D eigenvalue weighted by Crippen LogP contribution is -2.22. The molecule has 6 heteroatoms. The van der Waals surface area contributed by atoms with Crippen LogP contribution in [0.3, 0.4) is 0 Å². The van der Waals surface area contributed by atoms with Gasteiger partial charge in [-0.15, -0.1) is 0 Å². The van der Waals surface area contributed by atoms with Crippen molar-refractivity contribution in [2.75, 3.05) is 0 Å². The summed E-state index contributed by atoms with van der Waals surface area (Å²) in [5, 5.41) is 7.41. The van der Waals surface area contributed by atoms with E-state index in [9.17, 15) is 0 Å². The number of hydrogen-bond donors (Lipinski definition) is 1. The molecule has 0 radical (unpaired) electrons. The quantitative estimate of drug-likeness (QED) is 0.879. The summed E-state index contributed by atoms with van der Waals surface area (Å²) in [5.41, 5.74) is 1.18. The minimum Gasteiger partial charge on any atom is -0.486 e. The van der Waals surface area contributed by atoms with Gasteiger partial charge in [0.25, 0.3) is 0 Å². The van der Waals surface area contributed by atoms with Gasteiger partial charge in [-0.3, -0.25) is 4.68 Å². The molecule has 0 unspecified atom stereocenters. The van der Waals surface area contributed by atoms with Crippen LogP contribution in [0.4, 0.5) is 0 Å². The monoisotopic (exact) mass is 338 g/mol. The number of aryl methyl sites for hydroxylation is 1. The van der Waals surface area contributed by atoms with E-state index in [0.717, 1.165) is 22.6 Å². The van der Waals surface area contributed by atoms with E-state index in [4.69, 9.17) is 4.74 Å². The van der Waals surface area contributed by atoms with Gasteiger partial charge in [0.05, 0.1) is 0 Å². The molecule has 0 saturated heterocycles. The van der Waals surface area contributed by atoms with Gasteiger partial charge in [-0.05, 0) is 23.8 Å². The van der Waals surface area contributed by atoms with Gasteiger partial charge in [0, 0.05) is 24.1 Å². The zero-order chi connectivity index (χ0) is 14.5. The van der Waals surface area contributed by atoms with E-state index in [2.05, 4.69) is 45.2 Å². The molecule has 2 aromatic rings. The molecule has 2 rings (SSSR count). The SMILES string of the molecule is CC(C)NCc1cc(OCc2ncnn2C)ccc1Br. The molecular weight excluding hydrogens is 320 g/mol. The van der Waals surface area contributed by atoms with E-state index >= 15 is 0 Å². The maximum atomic E-state index is 5.76. The lowest BCUT2D eigenvalue weighted by Gasteiger charge is -2.12. The normalized spacial score (nSPS) is 11.1. The van der Waals surface area contributed by atoms with Gasteiger partial charge in [-0.2, -0.15) is 5.10 Å². The molecule has 1 heterocycles. The van der Waals surface area contributed by atoms with Crippen LogP contribution in [0.25, 0.3) is 0 Å². The van der Waals surface area contributed by atoms with Crippen LogP contribution in [0.5, 0.6) is 5.75 Å². The average Bonchev–Trinajstić information content (AvgIpc) is 2.81. The fraction of sp³-hybridized carbons (Fsp3) is 0.429. The summed E-state index contributed by atoms with van der Waals surface area (Å²) in [4.78, 5) is 4.14. The van der Waals surface area contributed by atoms with Crippen LogP contribution in [-0.4, -0.2) is 20.8 Å². The number of hydrogen-bond acceptors (Lipinski definition) is 4. The lowest BCUT2D eigenvalue weighted by atomic mass is 10.2. The second-order valence-electron chi connectivity index (χ2n) is 4.88. The molecule has 5 nitrogen and oxygen atoms in total. The molecule has 0 aliphatic rings. The third-order valence-electron chi connectivity index (χ3n) is 2.89. The molecule has 1 aromatic heterocycles. The Bertz CT molecular complexity index is 568. The fourth-order valence-electron chi connectivity index (χ4n) is 1.69. The molecule has 0 aliphatic carbocycles. The van der Waals surface area contributed by atoms with Crippen LogP contribution < -0.4 is 10.1 Å². The zero-order valence-corrected chi connectivity index (χ0v) is 13.5. The molecule has 108 valence electrons. The number of ether oxygens (including phenoxy) is 1. The number of benzene rings is 1. The van der Waals surface area contributed by atoms with Crippen molar-refractivity contribution in [2.24, 2.45) is 7.05 Å². The summed E-state index contributed by atoms with van der Waals surface area (Å²) in [7, 11) is 1.85. The van der Waals surface area contributed by atoms with Gasteiger partial charge in [0.15, 0.2) is 5.82 Å². The van der Waals surface area contributed by atoms with Crippen LogP contribution in [0, 0.1) is 0 Å². The largest absolute Gasteiger partial charge is 0.486 e. The second-order valence-corrected chi connectivity index (χ2v) is 5.73. The van der Waals surface area contributed by atoms with Crippen LogP contribution in [0.1, 0.15) is 25.2 Å². The van der Waals surface area contributed by atoms with Gasteiger partial charge in [0.1, 0.15) is 18.7 Å². The van der Waals surface area contributed by atoms with Gasteiger partial charge >= 0.3 is 0 Å². The predicted molar refractivity (Wildman–Crippen MR) is 81.5 cm³/mol. The number of halogens is 1. The van der Waals surface area contributed by atoms with E-state index in [0.29, 0.717) is 12.6 Å². The molecule has 0 spiro atoms. The Morgan fingerprint density at radius 1 is 1.40 bits per heavy atom. The summed E-state index contributed by atoms with van der Waals surface area (Å²) in [5.74, 6) is 1.63. The van der Waals surface area contributed by atoms with E-state index in [1.807, 2.05) is 25.2 Å². The molecule has 1 aromatic carbocycles. The maximum Gasteiger partial charge on any atom is 0.164 e. The Morgan fingerprint density at radius 3 is 2.85 bits per heavy atom. The van der Waals surface area contributed by atoms with Crippen molar-refractivity contribution >= 4 is 15.9 Å². The first-order chi connectivity index (χ1) is 9.56. The second kappa shape index (κ2) is 6.85. The van der Waals surface area contributed by atoms with Crippen molar-refractivity contribution in [1.29, 1.82) is 0 Å². The van der Waals surface area contributed by atoms with E-state index < -0.39 is 0 Å². The molecule has 0 atom stereocenters. The Balaban J connectivity index is 2.01. The number of nitrogens with one attached hydrogen (secondary N) is 1. The maximum absolute atomic E-state index is 5.76. The predicted octanol–water partition coefficient (Wildman–Crippen LogP) is 2.65. The van der Waals surface area contributed by atoms with E-state index in [1.54, 1.807) is 4.68 Å². The van der Waals surface area contributed by atoms with Gasteiger partial charge < -0.3 is 10.1 Å². The smallest absolute Gasteiger partial charge is 0.164 e. The molecule has 0 aliphatic heterocycles. The highest BCUT2D eigenvalue weighted by Crippen LogP contribution is 2.23. The van der Waals surface area contributed by atoms with Gasteiger partial charge in [-0.25, -0.2) is 4.98 Å². The van der Waals surface area contributed by atoms with Crippen LogP contribution >= 0.6 is 15.9 Å². The molecule has 0 amide bonds. The highest BCUT2D eigenvalue weighted by Gasteiger charge is 2.06. The molecule has 0 fully saturated rings. The van der Waals surface area contributed by atoms with Crippen molar-refractivity contribution in [2.45, 2.75) is 33.0 Å². The summed E-state index contributed by atoms with van der Waals surface area (Å²) >= 11 is 3.56. The zero-order valence-electron chi connectivity index (χ0n) is 11.9. The summed E-state index contributed by atoms with van der Waals surface area (Å²) < 4.78 is 8.55. The summed E-state index contributed by atoms with van der Waals surface area (Å²) in [6, 6.07) is 6.43. The molecule has 0 bridgehead atoms. The molecular formula is C14H19BrN4O. The van der Waals surface area contributed by atoms with Crippen molar-refractivity contribution in [3.63, 3.8) is 0 Å². The van der Waals surface area contributed by atoms with Crippen molar-refractivity contribution in [3.05, 3.63) is 40.4 Å². The number of aromatic nitrogens is 3. The summed E-state index contributed by atoms with van der Waals surface area (Å²) in [6.07, 6.45) is 1.53. The van der Waals surface area contributed by atoms with Crippen LogP contribution in [0.15, 0.2) is 29.0 Å². The highest BCUT2D eigenvalue weighted by atomic mass is 79.9. The Hall–Kier alpha value is -1.40. The van der Waals surface area contributed by atoms with E-state index in [1.165, 1.54) is 11.9 Å². The molecule has 1 N–H and O–H groups in total. The number of nitrogens with zero attached hydrogens (tertiary/aromatic N) is 3. The average molecular weight is 339 g/mol. The highest BCUT2D eigenvalue weighted by molar-refractivity contribution is 9.10. The van der Waals surface area contributed by atoms with Crippen LogP contribution in [-0.2, 0) is 20.2 Å². The minimum absolute atomic E-state index is 0.412. The van der Waals surface area contributed by atoms with Gasteiger partial charge in [0.2, 0.25) is 0 Å². The lowest BCUT2D eigenvalue weighted by molar-refractivity contribution is 0.289. The van der Waals surface area contributed by atoms with Crippen LogP contribution in [0.2, 0.25) is 0 Å². The third kappa shape index (κ3) is 4.05. The molecule has 0 saturated carbocycles. The summed E-state index contributed by atoms with van der Waals surface area (Å²) in [6.45, 7) is 5.47. The standard InChI is InChI=1S/C14H19BrN4O/c1-10(2)16-7-11-6-12(4-5-13(11)15)20-8-14-17-9-18-19(14)3/h4-6,9-10,16H,7-8H2,1-3H3. The molecule has 20 heavy (non-hydrogen) atoms. The topological polar surface area (TPSA) is 52.0 Å². The van der Waals surface area contributed by atoms with Gasteiger partial charge in [-0.1, -0.05) is 29.8 Å². The van der Waals surface area contributed by atoms with E-state index in [-0.39, 0.29) is 0 Å². The fourth-order valence-corrected chi connectivity index (χ4v) is 2.08. The first kappa shape index (κ1) is 15.0. The van der Waals surface area contributed by atoms with Crippen molar-refractivity contribution < 1.29 is 4.74 Å². The third-order valence-corrected chi connectivity index (χ3v) is 3.66. The first-order valence-corrected chi connectivity index (χ1v) is 7.33. The van der Waals surface area contributed by atoms with Crippen molar-refractivity contribution in [1.82, 2.24) is 20.1 Å². The van der Waals surface area contributed by atoms with Crippen molar-refractivity contribution in [3.8, 4) is 5.75 Å². The Morgan fingerprint density at radius 2 is 2.20 bits per heavy atom. The Labute approximate surface area is 127 Å². The minimum atomic E-state index is 0.412. The Kier molecular flexibility index (Phi) is 5.14. The first-order valence-electron chi connectivity index (χ1n) is 6.53. The number of rotatable bonds is 6.